The minimum Gasteiger partial charge on any atom is -0.394 e. The first-order chi connectivity index (χ1) is 8.58. The van der Waals surface area contributed by atoms with E-state index in [-0.39, 0.29) is 11.2 Å². The van der Waals surface area contributed by atoms with Crippen LogP contribution < -0.4 is 11.3 Å². The van der Waals surface area contributed by atoms with Crippen LogP contribution in [-0.2, 0) is 6.42 Å². The van der Waals surface area contributed by atoms with Crippen LogP contribution in [0.25, 0.3) is 0 Å². The fourth-order valence-electron chi connectivity index (χ4n) is 2.73. The number of H-pyrrole nitrogens is 1. The van der Waals surface area contributed by atoms with Gasteiger partial charge in [-0.05, 0) is 39.3 Å². The molecule has 0 radical (unpaired) electrons. The highest BCUT2D eigenvalue weighted by Gasteiger charge is 2.25. The zero-order chi connectivity index (χ0) is 13.1. The van der Waals surface area contributed by atoms with E-state index in [1.54, 1.807) is 6.07 Å². The third-order valence-corrected chi connectivity index (χ3v) is 3.67. The Bertz CT molecular complexity index is 455. The van der Waals surface area contributed by atoms with Crippen LogP contribution in [0.15, 0.2) is 10.9 Å². The Morgan fingerprint density at radius 3 is 3.00 bits per heavy atom. The first kappa shape index (κ1) is 13.1. The van der Waals surface area contributed by atoms with Crippen molar-refractivity contribution < 1.29 is 0 Å². The van der Waals surface area contributed by atoms with Crippen molar-refractivity contribution in [3.05, 3.63) is 22.1 Å². The largest absolute Gasteiger partial charge is 0.394 e. The standard InChI is InChI=1S/C13H22N4O/c1-9(2)17-6-4-3-5-11(17)7-10-8-12(14)13(18)16-15-10/h8-9,11H,3-7H2,1-2H3,(H2,14,15)(H,16,18). The maximum atomic E-state index is 11.2. The average Bonchev–Trinajstić information content (AvgIpc) is 2.34. The lowest BCUT2D eigenvalue weighted by molar-refractivity contribution is 0.111. The Labute approximate surface area is 107 Å². The first-order valence-corrected chi connectivity index (χ1v) is 6.67. The average molecular weight is 250 g/mol. The lowest BCUT2D eigenvalue weighted by Crippen LogP contribution is -2.45. The molecule has 1 aliphatic rings. The summed E-state index contributed by atoms with van der Waals surface area (Å²) in [6, 6.07) is 2.76. The second-order valence-corrected chi connectivity index (χ2v) is 5.33. The number of nitrogens with one attached hydrogen (secondary N) is 1. The number of aromatic nitrogens is 2. The Morgan fingerprint density at radius 2 is 2.33 bits per heavy atom. The summed E-state index contributed by atoms with van der Waals surface area (Å²) in [7, 11) is 0. The highest BCUT2D eigenvalue weighted by atomic mass is 16.1. The number of anilines is 1. The van der Waals surface area contributed by atoms with E-state index < -0.39 is 0 Å². The number of hydrogen-bond acceptors (Lipinski definition) is 4. The molecule has 1 unspecified atom stereocenters. The molecule has 2 rings (SSSR count). The lowest BCUT2D eigenvalue weighted by Gasteiger charge is -2.38. The van der Waals surface area contributed by atoms with Gasteiger partial charge in [0.05, 0.1) is 5.69 Å². The van der Waals surface area contributed by atoms with Crippen molar-refractivity contribution in [3.63, 3.8) is 0 Å². The summed E-state index contributed by atoms with van der Waals surface area (Å²) in [5, 5.41) is 6.54. The van der Waals surface area contributed by atoms with E-state index in [1.165, 1.54) is 19.3 Å². The monoisotopic (exact) mass is 250 g/mol. The van der Waals surface area contributed by atoms with E-state index >= 15 is 0 Å². The van der Waals surface area contributed by atoms with Crippen molar-refractivity contribution in [1.29, 1.82) is 0 Å². The summed E-state index contributed by atoms with van der Waals surface area (Å²) < 4.78 is 0. The maximum Gasteiger partial charge on any atom is 0.287 e. The molecular formula is C13H22N4O. The van der Waals surface area contributed by atoms with Gasteiger partial charge in [-0.1, -0.05) is 6.42 Å². The second-order valence-electron chi connectivity index (χ2n) is 5.33. The van der Waals surface area contributed by atoms with Gasteiger partial charge in [0.25, 0.3) is 5.56 Å². The zero-order valence-corrected chi connectivity index (χ0v) is 11.1. The van der Waals surface area contributed by atoms with Crippen molar-refractivity contribution >= 4 is 5.69 Å². The molecule has 1 aliphatic heterocycles. The molecule has 18 heavy (non-hydrogen) atoms. The summed E-state index contributed by atoms with van der Waals surface area (Å²) in [5.74, 6) is 0. The van der Waals surface area contributed by atoms with Gasteiger partial charge in [0, 0.05) is 18.5 Å². The molecule has 1 fully saturated rings. The number of hydrogen-bond donors (Lipinski definition) is 2. The number of piperidine rings is 1. The fourth-order valence-corrected chi connectivity index (χ4v) is 2.73. The molecule has 3 N–H and O–H groups in total. The molecule has 1 saturated heterocycles. The maximum absolute atomic E-state index is 11.2. The summed E-state index contributed by atoms with van der Waals surface area (Å²) >= 11 is 0. The topological polar surface area (TPSA) is 75.0 Å². The van der Waals surface area contributed by atoms with Crippen LogP contribution in [0.5, 0.6) is 0 Å². The lowest BCUT2D eigenvalue weighted by atomic mass is 9.96. The van der Waals surface area contributed by atoms with Crippen LogP contribution in [0, 0.1) is 0 Å². The molecule has 0 spiro atoms. The molecule has 0 bridgehead atoms. The number of nitrogens with zero attached hydrogens (tertiary/aromatic N) is 2. The number of likely N-dealkylation sites (tertiary alicyclic amines) is 1. The van der Waals surface area contributed by atoms with Crippen LogP contribution >= 0.6 is 0 Å². The van der Waals surface area contributed by atoms with Gasteiger partial charge in [0.1, 0.15) is 5.69 Å². The Kier molecular flexibility index (Phi) is 4.01. The van der Waals surface area contributed by atoms with Gasteiger partial charge < -0.3 is 5.73 Å². The van der Waals surface area contributed by atoms with Crippen LogP contribution in [0.3, 0.4) is 0 Å². The highest BCUT2D eigenvalue weighted by Crippen LogP contribution is 2.22. The molecule has 0 aliphatic carbocycles. The van der Waals surface area contributed by atoms with Crippen LogP contribution in [-0.4, -0.2) is 33.7 Å². The SMILES string of the molecule is CC(C)N1CCCCC1Cc1cc(N)c(=O)[nH]n1. The highest BCUT2D eigenvalue weighted by molar-refractivity contribution is 5.34. The van der Waals surface area contributed by atoms with Crippen molar-refractivity contribution in [3.8, 4) is 0 Å². The van der Waals surface area contributed by atoms with E-state index in [9.17, 15) is 4.79 Å². The van der Waals surface area contributed by atoms with Crippen LogP contribution in [0.2, 0.25) is 0 Å². The van der Waals surface area contributed by atoms with Gasteiger partial charge >= 0.3 is 0 Å². The van der Waals surface area contributed by atoms with Gasteiger partial charge in [-0.25, -0.2) is 5.10 Å². The van der Waals surface area contributed by atoms with Crippen molar-refractivity contribution in [2.45, 2.75) is 51.6 Å². The predicted molar refractivity (Wildman–Crippen MR) is 72.5 cm³/mol. The normalized spacial score (nSPS) is 21.4. The quantitative estimate of drug-likeness (QED) is 0.844. The van der Waals surface area contributed by atoms with E-state index in [1.807, 2.05) is 0 Å². The summed E-state index contributed by atoms with van der Waals surface area (Å²) in [5.41, 5.74) is 6.46. The first-order valence-electron chi connectivity index (χ1n) is 6.67. The number of aromatic amines is 1. The van der Waals surface area contributed by atoms with Crippen LogP contribution in [0.4, 0.5) is 5.69 Å². The molecule has 100 valence electrons. The molecule has 0 amide bonds. The number of nitrogens with two attached hydrogens (primary N) is 1. The molecular weight excluding hydrogens is 228 g/mol. The minimum atomic E-state index is -0.303. The molecule has 0 aromatic carbocycles. The van der Waals surface area contributed by atoms with Gasteiger partial charge in [-0.2, -0.15) is 5.10 Å². The summed E-state index contributed by atoms with van der Waals surface area (Å²) in [4.78, 5) is 13.7. The third kappa shape index (κ3) is 2.90. The van der Waals surface area contributed by atoms with Crippen molar-refractivity contribution in [1.82, 2.24) is 15.1 Å². The zero-order valence-electron chi connectivity index (χ0n) is 11.1. The van der Waals surface area contributed by atoms with Crippen molar-refractivity contribution in [2.75, 3.05) is 12.3 Å². The number of nitrogen functional groups attached to an aromatic ring is 1. The van der Waals surface area contributed by atoms with Gasteiger partial charge in [-0.15, -0.1) is 0 Å². The third-order valence-electron chi connectivity index (χ3n) is 3.67. The molecule has 1 atom stereocenters. The molecule has 2 heterocycles. The summed E-state index contributed by atoms with van der Waals surface area (Å²) in [6.07, 6.45) is 4.60. The van der Waals surface area contributed by atoms with Gasteiger partial charge in [0.2, 0.25) is 0 Å². The van der Waals surface area contributed by atoms with Gasteiger partial charge in [-0.3, -0.25) is 9.69 Å². The molecule has 1 aromatic heterocycles. The fraction of sp³-hybridized carbons (Fsp3) is 0.692. The summed E-state index contributed by atoms with van der Waals surface area (Å²) in [6.45, 7) is 5.61. The van der Waals surface area contributed by atoms with Crippen molar-refractivity contribution in [2.24, 2.45) is 0 Å². The Morgan fingerprint density at radius 1 is 1.56 bits per heavy atom. The Hall–Kier alpha value is -1.36. The predicted octanol–water partition coefficient (Wildman–Crippen LogP) is 1.16. The van der Waals surface area contributed by atoms with Gasteiger partial charge in [0.15, 0.2) is 0 Å². The molecule has 5 heteroatoms. The Balaban J connectivity index is 2.10. The minimum absolute atomic E-state index is 0.256. The van der Waals surface area contributed by atoms with E-state index in [2.05, 4.69) is 28.9 Å². The molecule has 0 saturated carbocycles. The molecule has 1 aromatic rings. The van der Waals surface area contributed by atoms with E-state index in [0.29, 0.717) is 12.1 Å². The smallest absolute Gasteiger partial charge is 0.287 e. The van der Waals surface area contributed by atoms with E-state index in [4.69, 9.17) is 5.73 Å². The second kappa shape index (κ2) is 5.52. The molecule has 5 nitrogen and oxygen atoms in total. The van der Waals surface area contributed by atoms with Crippen LogP contribution in [0.1, 0.15) is 38.8 Å². The number of rotatable bonds is 3. The van der Waals surface area contributed by atoms with E-state index in [0.717, 1.165) is 18.7 Å².